The van der Waals surface area contributed by atoms with Gasteiger partial charge in [-0.2, -0.15) is 0 Å². The number of hydrogen-bond donors (Lipinski definition) is 2. The van der Waals surface area contributed by atoms with E-state index in [4.69, 9.17) is 5.84 Å². The van der Waals surface area contributed by atoms with Gasteiger partial charge in [0.2, 0.25) is 0 Å². The Morgan fingerprint density at radius 1 is 1.05 bits per heavy atom. The Labute approximate surface area is 128 Å². The molecule has 0 aliphatic heterocycles. The second-order valence-electron chi connectivity index (χ2n) is 5.54. The lowest BCUT2D eigenvalue weighted by molar-refractivity contribution is 0.367. The van der Waals surface area contributed by atoms with Crippen LogP contribution in [0.15, 0.2) is 53.0 Å². The Morgan fingerprint density at radius 3 is 2.20 bits per heavy atom. The summed E-state index contributed by atoms with van der Waals surface area (Å²) >= 11 is 3.47. The largest absolute Gasteiger partial charge is 0.271 e. The highest BCUT2D eigenvalue weighted by Crippen LogP contribution is 2.29. The van der Waals surface area contributed by atoms with Gasteiger partial charge in [0.25, 0.3) is 0 Å². The van der Waals surface area contributed by atoms with Crippen molar-refractivity contribution in [2.24, 2.45) is 11.8 Å². The van der Waals surface area contributed by atoms with Crippen LogP contribution in [-0.4, -0.2) is 6.04 Å². The Hall–Kier alpha value is -1.16. The number of fused-ring (bicyclic) bond motifs is 1. The molecule has 1 atom stereocenters. The van der Waals surface area contributed by atoms with E-state index in [2.05, 4.69) is 69.9 Å². The van der Waals surface area contributed by atoms with Crippen LogP contribution in [0.2, 0.25) is 0 Å². The topological polar surface area (TPSA) is 38.0 Å². The zero-order valence-corrected chi connectivity index (χ0v) is 12.9. The number of hydrogen-bond acceptors (Lipinski definition) is 2. The molecule has 3 N–H and O–H groups in total. The van der Waals surface area contributed by atoms with Crippen molar-refractivity contribution in [3.05, 3.63) is 69.7 Å². The number of rotatable bonds is 4. The summed E-state index contributed by atoms with van der Waals surface area (Å²) in [6, 6.07) is 17.6. The first-order chi connectivity index (χ1) is 9.76. The molecule has 3 rings (SSSR count). The third-order valence-electron chi connectivity index (χ3n) is 4.23. The van der Waals surface area contributed by atoms with Gasteiger partial charge in [0, 0.05) is 10.5 Å². The summed E-state index contributed by atoms with van der Waals surface area (Å²) in [5.41, 5.74) is 7.32. The molecule has 1 aliphatic carbocycles. The molecule has 0 amide bonds. The SMILES string of the molecule is NNC(Cc1ccc(Br)cc1)C1Cc2ccccc2C1. The average molecular weight is 331 g/mol. The molecule has 0 saturated carbocycles. The van der Waals surface area contributed by atoms with Gasteiger partial charge >= 0.3 is 0 Å². The third kappa shape index (κ3) is 2.95. The van der Waals surface area contributed by atoms with Gasteiger partial charge in [-0.15, -0.1) is 0 Å². The Bertz CT molecular complexity index is 555. The Kier molecular flexibility index (Phi) is 4.20. The summed E-state index contributed by atoms with van der Waals surface area (Å²) in [6.45, 7) is 0. The molecular weight excluding hydrogens is 312 g/mol. The molecule has 0 saturated heterocycles. The molecule has 1 aliphatic rings. The van der Waals surface area contributed by atoms with Gasteiger partial charge < -0.3 is 0 Å². The van der Waals surface area contributed by atoms with Crippen LogP contribution < -0.4 is 11.3 Å². The van der Waals surface area contributed by atoms with Crippen LogP contribution in [0.3, 0.4) is 0 Å². The van der Waals surface area contributed by atoms with Gasteiger partial charge in [-0.05, 0) is 54.0 Å². The summed E-state index contributed by atoms with van der Waals surface area (Å²) in [4.78, 5) is 0. The zero-order valence-electron chi connectivity index (χ0n) is 11.4. The van der Waals surface area contributed by atoms with Crippen molar-refractivity contribution in [1.29, 1.82) is 0 Å². The lowest BCUT2D eigenvalue weighted by atomic mass is 9.91. The molecule has 2 aromatic carbocycles. The normalized spacial score (nSPS) is 16.1. The highest BCUT2D eigenvalue weighted by Gasteiger charge is 2.27. The molecule has 2 nitrogen and oxygen atoms in total. The summed E-state index contributed by atoms with van der Waals surface area (Å²) < 4.78 is 1.12. The minimum absolute atomic E-state index is 0.323. The summed E-state index contributed by atoms with van der Waals surface area (Å²) in [6.07, 6.45) is 3.23. The van der Waals surface area contributed by atoms with Crippen LogP contribution in [0.25, 0.3) is 0 Å². The smallest absolute Gasteiger partial charge is 0.0285 e. The number of halogens is 1. The van der Waals surface area contributed by atoms with E-state index in [0.717, 1.165) is 23.7 Å². The first-order valence-corrected chi connectivity index (χ1v) is 7.83. The van der Waals surface area contributed by atoms with E-state index in [0.29, 0.717) is 12.0 Å². The van der Waals surface area contributed by atoms with E-state index in [-0.39, 0.29) is 0 Å². The van der Waals surface area contributed by atoms with E-state index >= 15 is 0 Å². The van der Waals surface area contributed by atoms with E-state index in [1.807, 2.05) is 0 Å². The van der Waals surface area contributed by atoms with Crippen LogP contribution in [0.4, 0.5) is 0 Å². The van der Waals surface area contributed by atoms with Gasteiger partial charge in [0.05, 0.1) is 0 Å². The van der Waals surface area contributed by atoms with Crippen LogP contribution in [-0.2, 0) is 19.3 Å². The molecule has 0 bridgehead atoms. The third-order valence-corrected chi connectivity index (χ3v) is 4.76. The summed E-state index contributed by atoms with van der Waals surface area (Å²) in [5, 5.41) is 0. The standard InChI is InChI=1S/C17H19BrN2/c18-16-7-5-12(6-8-16)9-17(20-19)15-10-13-3-1-2-4-14(13)11-15/h1-8,15,17,20H,9-11,19H2. The molecular formula is C17H19BrN2. The van der Waals surface area contributed by atoms with E-state index in [9.17, 15) is 0 Å². The highest BCUT2D eigenvalue weighted by molar-refractivity contribution is 9.10. The number of nitrogens with two attached hydrogens (primary N) is 1. The van der Waals surface area contributed by atoms with E-state index < -0.39 is 0 Å². The number of benzene rings is 2. The predicted octanol–water partition coefficient (Wildman–Crippen LogP) is 3.24. The first kappa shape index (κ1) is 13.8. The van der Waals surface area contributed by atoms with Crippen molar-refractivity contribution >= 4 is 15.9 Å². The maximum atomic E-state index is 5.81. The molecule has 2 aromatic rings. The fraction of sp³-hybridized carbons (Fsp3) is 0.294. The molecule has 3 heteroatoms. The quantitative estimate of drug-likeness (QED) is 0.667. The first-order valence-electron chi connectivity index (χ1n) is 7.03. The van der Waals surface area contributed by atoms with Crippen LogP contribution in [0, 0.1) is 5.92 Å². The average Bonchev–Trinajstić information content (AvgIpc) is 2.90. The zero-order chi connectivity index (χ0) is 13.9. The van der Waals surface area contributed by atoms with Crippen molar-refractivity contribution in [1.82, 2.24) is 5.43 Å². The second-order valence-corrected chi connectivity index (χ2v) is 6.46. The van der Waals surface area contributed by atoms with Gasteiger partial charge in [-0.3, -0.25) is 11.3 Å². The van der Waals surface area contributed by atoms with Crippen molar-refractivity contribution < 1.29 is 0 Å². The minimum Gasteiger partial charge on any atom is -0.271 e. The molecule has 0 aromatic heterocycles. The lowest BCUT2D eigenvalue weighted by Gasteiger charge is -2.22. The molecule has 0 spiro atoms. The van der Waals surface area contributed by atoms with Gasteiger partial charge in [0.1, 0.15) is 0 Å². The van der Waals surface area contributed by atoms with Crippen LogP contribution in [0.5, 0.6) is 0 Å². The van der Waals surface area contributed by atoms with E-state index in [1.54, 1.807) is 0 Å². The van der Waals surface area contributed by atoms with Crippen LogP contribution >= 0.6 is 15.9 Å². The summed E-state index contributed by atoms with van der Waals surface area (Å²) in [7, 11) is 0. The maximum absolute atomic E-state index is 5.81. The lowest BCUT2D eigenvalue weighted by Crippen LogP contribution is -2.42. The highest BCUT2D eigenvalue weighted by atomic mass is 79.9. The molecule has 104 valence electrons. The van der Waals surface area contributed by atoms with Crippen LogP contribution in [0.1, 0.15) is 16.7 Å². The molecule has 0 fully saturated rings. The second kappa shape index (κ2) is 6.08. The fourth-order valence-electron chi connectivity index (χ4n) is 3.11. The Balaban J connectivity index is 1.71. The number of hydrazine groups is 1. The Morgan fingerprint density at radius 2 is 1.65 bits per heavy atom. The monoisotopic (exact) mass is 330 g/mol. The molecule has 20 heavy (non-hydrogen) atoms. The molecule has 0 radical (unpaired) electrons. The van der Waals surface area contributed by atoms with Crippen molar-refractivity contribution in [2.75, 3.05) is 0 Å². The van der Waals surface area contributed by atoms with Gasteiger partial charge in [0.15, 0.2) is 0 Å². The van der Waals surface area contributed by atoms with Crippen molar-refractivity contribution in [2.45, 2.75) is 25.3 Å². The predicted molar refractivity (Wildman–Crippen MR) is 86.3 cm³/mol. The van der Waals surface area contributed by atoms with Crippen molar-refractivity contribution in [3.63, 3.8) is 0 Å². The van der Waals surface area contributed by atoms with Gasteiger partial charge in [-0.1, -0.05) is 52.3 Å². The van der Waals surface area contributed by atoms with Crippen molar-refractivity contribution in [3.8, 4) is 0 Å². The summed E-state index contributed by atoms with van der Waals surface area (Å²) in [5.74, 6) is 6.39. The number of nitrogens with one attached hydrogen (secondary N) is 1. The molecule has 1 unspecified atom stereocenters. The van der Waals surface area contributed by atoms with Gasteiger partial charge in [-0.25, -0.2) is 0 Å². The van der Waals surface area contributed by atoms with E-state index in [1.165, 1.54) is 16.7 Å². The molecule has 0 heterocycles. The fourth-order valence-corrected chi connectivity index (χ4v) is 3.38. The maximum Gasteiger partial charge on any atom is 0.0285 e. The minimum atomic E-state index is 0.323.